The summed E-state index contributed by atoms with van der Waals surface area (Å²) in [6.45, 7) is -0.198. The Kier molecular flexibility index (Phi) is 11.1. The van der Waals surface area contributed by atoms with E-state index >= 15 is 0 Å². The van der Waals surface area contributed by atoms with Crippen LogP contribution in [0.4, 0.5) is 36.4 Å². The first-order chi connectivity index (χ1) is 27.7. The molecule has 0 fully saturated rings. The van der Waals surface area contributed by atoms with Gasteiger partial charge < -0.3 is 36.1 Å². The van der Waals surface area contributed by atoms with Crippen molar-refractivity contribution < 1.29 is 37.7 Å². The third-order valence-corrected chi connectivity index (χ3v) is 8.66. The summed E-state index contributed by atoms with van der Waals surface area (Å²) in [7, 11) is 0. The van der Waals surface area contributed by atoms with Crippen LogP contribution >= 0.6 is 23.2 Å². The van der Waals surface area contributed by atoms with E-state index in [1.54, 1.807) is 77.6 Å². The highest BCUT2D eigenvalue weighted by molar-refractivity contribution is 6.33. The Morgan fingerprint density at radius 3 is 1.74 bits per heavy atom. The van der Waals surface area contributed by atoms with Crippen molar-refractivity contribution in [2.24, 2.45) is 5.73 Å². The number of ether oxygens (including phenoxy) is 2. The number of hydrogen-bond donors (Lipinski definition) is 5. The molecule has 0 unspecified atom stereocenters. The van der Waals surface area contributed by atoms with Crippen molar-refractivity contribution in [1.29, 1.82) is 0 Å². The standard InChI is InChI=1S/C20H16ClN5O3.C19H12ClF3N4O2/c21-17-6-5-14(27)9-16(17)12-4-7-19-24-20(25-26(19)10-12)23-13-2-1-3-15(8-13)29-11-18(22)28;20-16-7-4-13(28)9-15(16)11-1-8-17-25-18(26-27(17)10-11)24-12-2-5-14(6-3-12)29-19(21,22)23/h1-10,27H,11H2,(H2,22,28)(H,23,25);1-10,28H,(H,24,26). The molecule has 4 aromatic carbocycles. The second-order valence-corrected chi connectivity index (χ2v) is 13.1. The number of carbonyl (C=O) groups excluding carboxylic acids is 1. The van der Waals surface area contributed by atoms with Crippen LogP contribution in [-0.4, -0.2) is 58.3 Å². The zero-order valence-corrected chi connectivity index (χ0v) is 31.0. The SMILES string of the molecule is NC(=O)COc1cccc(Nc2nc3ccc(-c4cc(O)ccc4Cl)cn3n2)c1.Oc1ccc(Cl)c(-c2ccc3nc(Nc4ccc(OC(F)(F)F)cc4)nn3c2)c1. The molecule has 1 amide bonds. The minimum atomic E-state index is -4.74. The van der Waals surface area contributed by atoms with Crippen LogP contribution in [0.3, 0.4) is 0 Å². The van der Waals surface area contributed by atoms with Crippen molar-refractivity contribution in [3.05, 3.63) is 132 Å². The van der Waals surface area contributed by atoms with Crippen LogP contribution in [0, 0.1) is 0 Å². The topological polar surface area (TPSA) is 186 Å². The highest BCUT2D eigenvalue weighted by Gasteiger charge is 2.31. The van der Waals surface area contributed by atoms with Crippen LogP contribution < -0.4 is 25.8 Å². The fourth-order valence-corrected chi connectivity index (χ4v) is 5.93. The minimum absolute atomic E-state index is 0.0865. The van der Waals surface area contributed by atoms with Crippen molar-refractivity contribution in [3.8, 4) is 45.3 Å². The maximum absolute atomic E-state index is 12.2. The summed E-state index contributed by atoms with van der Waals surface area (Å²) in [5, 5.41) is 35.2. The predicted molar refractivity (Wildman–Crippen MR) is 211 cm³/mol. The van der Waals surface area contributed by atoms with E-state index in [2.05, 4.69) is 35.5 Å². The molecule has 0 aliphatic carbocycles. The van der Waals surface area contributed by atoms with Crippen molar-refractivity contribution in [3.63, 3.8) is 0 Å². The molecule has 58 heavy (non-hydrogen) atoms. The number of phenolic OH excluding ortho intramolecular Hbond substituents is 2. The van der Waals surface area contributed by atoms with Gasteiger partial charge in [-0.25, -0.2) is 9.03 Å². The maximum atomic E-state index is 12.2. The van der Waals surface area contributed by atoms with E-state index in [4.69, 9.17) is 33.7 Å². The number of benzene rings is 4. The number of aromatic hydroxyl groups is 2. The minimum Gasteiger partial charge on any atom is -0.508 e. The van der Waals surface area contributed by atoms with Crippen LogP contribution in [-0.2, 0) is 4.79 Å². The molecule has 0 aliphatic heterocycles. The lowest BCUT2D eigenvalue weighted by atomic mass is 10.1. The summed E-state index contributed by atoms with van der Waals surface area (Å²) in [6, 6.07) is 28.8. The monoisotopic (exact) mass is 829 g/mol. The number of amides is 1. The molecule has 294 valence electrons. The van der Waals surface area contributed by atoms with Crippen LogP contribution in [0.1, 0.15) is 0 Å². The Hall–Kier alpha value is -7.24. The summed E-state index contributed by atoms with van der Waals surface area (Å²) in [5.41, 5.74) is 10.3. The Labute approximate surface area is 335 Å². The highest BCUT2D eigenvalue weighted by atomic mass is 35.5. The summed E-state index contributed by atoms with van der Waals surface area (Å²) < 4.78 is 49.0. The van der Waals surface area contributed by atoms with Crippen LogP contribution in [0.15, 0.2) is 122 Å². The largest absolute Gasteiger partial charge is 0.573 e. The van der Waals surface area contributed by atoms with E-state index in [-0.39, 0.29) is 29.8 Å². The van der Waals surface area contributed by atoms with Crippen LogP contribution in [0.25, 0.3) is 33.5 Å². The number of aromatic nitrogens is 6. The Morgan fingerprint density at radius 2 is 1.22 bits per heavy atom. The predicted octanol–water partition coefficient (Wildman–Crippen LogP) is 8.76. The van der Waals surface area contributed by atoms with E-state index in [0.717, 1.165) is 11.1 Å². The van der Waals surface area contributed by atoms with Crippen LogP contribution in [0.5, 0.6) is 23.0 Å². The molecule has 0 radical (unpaired) electrons. The number of nitrogens with two attached hydrogens (primary N) is 1. The molecule has 0 spiro atoms. The summed E-state index contributed by atoms with van der Waals surface area (Å²) in [4.78, 5) is 19.6. The quantitative estimate of drug-likeness (QED) is 0.0887. The Bertz CT molecular complexity index is 2760. The molecule has 14 nitrogen and oxygen atoms in total. The Morgan fingerprint density at radius 1 is 0.690 bits per heavy atom. The number of nitrogens with zero attached hydrogens (tertiary/aromatic N) is 6. The number of primary amides is 1. The van der Waals surface area contributed by atoms with Gasteiger partial charge in [-0.2, -0.15) is 9.97 Å². The van der Waals surface area contributed by atoms with Gasteiger partial charge in [0.2, 0.25) is 11.9 Å². The third-order valence-electron chi connectivity index (χ3n) is 8.00. The second kappa shape index (κ2) is 16.5. The number of carbonyl (C=O) groups is 1. The lowest BCUT2D eigenvalue weighted by molar-refractivity contribution is -0.274. The van der Waals surface area contributed by atoms with Gasteiger partial charge >= 0.3 is 6.36 Å². The number of alkyl halides is 3. The van der Waals surface area contributed by atoms with E-state index < -0.39 is 12.3 Å². The third kappa shape index (κ3) is 9.76. The number of fused-ring (bicyclic) bond motifs is 2. The number of hydrogen-bond acceptors (Lipinski definition) is 11. The van der Waals surface area contributed by atoms with Gasteiger partial charge in [0.1, 0.15) is 23.0 Å². The number of phenols is 2. The highest BCUT2D eigenvalue weighted by Crippen LogP contribution is 2.33. The lowest BCUT2D eigenvalue weighted by Crippen LogP contribution is -2.20. The van der Waals surface area contributed by atoms with Gasteiger partial charge in [0.05, 0.1) is 0 Å². The fourth-order valence-electron chi connectivity index (χ4n) is 5.48. The first kappa shape index (κ1) is 39.0. The van der Waals surface area contributed by atoms with Crippen molar-refractivity contribution in [2.45, 2.75) is 6.36 Å². The second-order valence-electron chi connectivity index (χ2n) is 12.2. The zero-order chi connectivity index (χ0) is 41.0. The zero-order valence-electron chi connectivity index (χ0n) is 29.5. The molecule has 0 aliphatic rings. The fraction of sp³-hybridized carbons (Fsp3) is 0.0513. The van der Waals surface area contributed by atoms with E-state index in [0.29, 0.717) is 55.5 Å². The molecule has 4 aromatic heterocycles. The van der Waals surface area contributed by atoms with Gasteiger partial charge in [0, 0.05) is 62.1 Å². The first-order valence-electron chi connectivity index (χ1n) is 16.9. The molecule has 0 bridgehead atoms. The normalized spacial score (nSPS) is 11.2. The van der Waals surface area contributed by atoms with E-state index in [1.165, 1.54) is 40.9 Å². The number of anilines is 4. The average Bonchev–Trinajstić information content (AvgIpc) is 3.78. The molecular weight excluding hydrogens is 802 g/mol. The molecule has 0 saturated carbocycles. The van der Waals surface area contributed by atoms with Crippen molar-refractivity contribution >= 4 is 63.7 Å². The lowest BCUT2D eigenvalue weighted by Gasteiger charge is -2.09. The molecule has 0 atom stereocenters. The van der Waals surface area contributed by atoms with Crippen molar-refractivity contribution in [2.75, 3.05) is 17.2 Å². The molecule has 0 saturated heterocycles. The van der Waals surface area contributed by atoms with Gasteiger partial charge in [-0.3, -0.25) is 4.79 Å². The van der Waals surface area contributed by atoms with Gasteiger partial charge in [0.15, 0.2) is 17.9 Å². The smallest absolute Gasteiger partial charge is 0.508 e. The molecule has 8 rings (SSSR count). The van der Waals surface area contributed by atoms with Gasteiger partial charge in [-0.15, -0.1) is 23.4 Å². The maximum Gasteiger partial charge on any atom is 0.573 e. The number of pyridine rings is 2. The number of nitrogens with one attached hydrogen (secondary N) is 2. The average molecular weight is 831 g/mol. The summed E-state index contributed by atoms with van der Waals surface area (Å²) >= 11 is 12.4. The van der Waals surface area contributed by atoms with E-state index in [1.807, 2.05) is 12.1 Å². The molecule has 8 aromatic rings. The van der Waals surface area contributed by atoms with Crippen LogP contribution in [0.2, 0.25) is 10.0 Å². The van der Waals surface area contributed by atoms with Gasteiger partial charge in [-0.05, 0) is 97.1 Å². The summed E-state index contributed by atoms with van der Waals surface area (Å²) in [5.74, 6) is 0.488. The Balaban J connectivity index is 0.000000177. The molecule has 19 heteroatoms. The number of rotatable bonds is 10. The van der Waals surface area contributed by atoms with Crippen molar-refractivity contribution in [1.82, 2.24) is 29.2 Å². The van der Waals surface area contributed by atoms with Gasteiger partial charge in [-0.1, -0.05) is 29.3 Å². The van der Waals surface area contributed by atoms with Gasteiger partial charge in [0.25, 0.3) is 5.91 Å². The van der Waals surface area contributed by atoms with E-state index in [9.17, 15) is 28.2 Å². The molecular formula is C39H28Cl2F3N9O5. The molecule has 6 N–H and O–H groups in total. The molecule has 4 heterocycles. The number of halogens is 5. The first-order valence-corrected chi connectivity index (χ1v) is 17.6. The summed E-state index contributed by atoms with van der Waals surface area (Å²) in [6.07, 6.45) is -1.26.